The number of hydrogen-bond acceptors (Lipinski definition) is 6. The van der Waals surface area contributed by atoms with Gasteiger partial charge in [-0.05, 0) is 48.4 Å². The number of carbonyl (C=O) groups is 1. The predicted molar refractivity (Wildman–Crippen MR) is 127 cm³/mol. The molecule has 2 saturated heterocycles. The molecular weight excluding hydrogens is 456 g/mol. The summed E-state index contributed by atoms with van der Waals surface area (Å²) in [7, 11) is 0. The molecule has 1 unspecified atom stereocenters. The Morgan fingerprint density at radius 2 is 1.91 bits per heavy atom. The lowest BCUT2D eigenvalue weighted by molar-refractivity contribution is -0.181. The number of halogens is 1. The second-order valence-corrected chi connectivity index (χ2v) is 8.56. The normalized spacial score (nSPS) is 19.0. The lowest BCUT2D eigenvalue weighted by Crippen LogP contribution is -2.35. The molecule has 0 bridgehead atoms. The molecule has 9 heteroatoms. The third kappa shape index (κ3) is 5.14. The molecule has 2 aliphatic heterocycles. The predicted octanol–water partition coefficient (Wildman–Crippen LogP) is 5.06. The van der Waals surface area contributed by atoms with E-state index in [-0.39, 0.29) is 18.4 Å². The molecule has 0 radical (unpaired) electrons. The fraction of sp³-hybridized carbons (Fsp3) is 0.320. The Bertz CT molecular complexity index is 1110. The molecule has 2 amide bonds. The molecule has 3 heterocycles. The van der Waals surface area contributed by atoms with Crippen molar-refractivity contribution in [1.29, 1.82) is 0 Å². The number of ether oxygens (including phenoxy) is 3. The first-order valence-corrected chi connectivity index (χ1v) is 11.7. The average Bonchev–Trinajstić information content (AvgIpc) is 3.21. The molecule has 5 rings (SSSR count). The van der Waals surface area contributed by atoms with Gasteiger partial charge in [-0.3, -0.25) is 9.88 Å². The van der Waals surface area contributed by atoms with Crippen molar-refractivity contribution in [2.45, 2.75) is 25.2 Å². The van der Waals surface area contributed by atoms with Crippen LogP contribution in [0.4, 0.5) is 10.5 Å². The second-order valence-electron chi connectivity index (χ2n) is 8.12. The summed E-state index contributed by atoms with van der Waals surface area (Å²) in [5.74, 6) is 1.04. The van der Waals surface area contributed by atoms with E-state index in [2.05, 4.69) is 9.97 Å². The Labute approximate surface area is 203 Å². The summed E-state index contributed by atoms with van der Waals surface area (Å²) in [5, 5.41) is 0.620. The van der Waals surface area contributed by atoms with E-state index < -0.39 is 0 Å². The highest BCUT2D eigenvalue weighted by molar-refractivity contribution is 6.30. The summed E-state index contributed by atoms with van der Waals surface area (Å²) in [6.07, 6.45) is 5.99. The van der Waals surface area contributed by atoms with Gasteiger partial charge in [-0.25, -0.2) is 9.78 Å². The molecular formula is C25H25ClN4O4. The summed E-state index contributed by atoms with van der Waals surface area (Å²) in [6, 6.07) is 14.8. The number of urea groups is 1. The molecule has 1 aromatic heterocycles. The zero-order chi connectivity index (χ0) is 23.3. The van der Waals surface area contributed by atoms with Gasteiger partial charge in [0.05, 0.1) is 25.5 Å². The molecule has 8 nitrogen and oxygen atoms in total. The van der Waals surface area contributed by atoms with Crippen LogP contribution in [0.15, 0.2) is 67.1 Å². The second kappa shape index (κ2) is 10.4. The van der Waals surface area contributed by atoms with E-state index in [0.29, 0.717) is 49.4 Å². The zero-order valence-corrected chi connectivity index (χ0v) is 19.3. The van der Waals surface area contributed by atoms with E-state index in [1.54, 1.807) is 35.6 Å². The highest BCUT2D eigenvalue weighted by Gasteiger charge is 2.39. The van der Waals surface area contributed by atoms with Gasteiger partial charge in [-0.1, -0.05) is 23.7 Å². The first-order valence-electron chi connectivity index (χ1n) is 11.3. The maximum atomic E-state index is 13.5. The van der Waals surface area contributed by atoms with E-state index in [9.17, 15) is 4.79 Å². The highest BCUT2D eigenvalue weighted by Crippen LogP contribution is 2.36. The number of hydrogen-bond donors (Lipinski definition) is 0. The Morgan fingerprint density at radius 1 is 1.09 bits per heavy atom. The largest absolute Gasteiger partial charge is 0.437 e. The van der Waals surface area contributed by atoms with Gasteiger partial charge in [0.2, 0.25) is 5.88 Å². The average molecular weight is 481 g/mol. The number of carbonyl (C=O) groups excluding carboxylic acids is 1. The monoisotopic (exact) mass is 480 g/mol. The van der Waals surface area contributed by atoms with Crippen molar-refractivity contribution in [1.82, 2.24) is 14.9 Å². The van der Waals surface area contributed by atoms with Gasteiger partial charge in [-0.2, -0.15) is 0 Å². The van der Waals surface area contributed by atoms with E-state index in [4.69, 9.17) is 25.8 Å². The molecule has 3 aromatic rings. The van der Waals surface area contributed by atoms with E-state index >= 15 is 0 Å². The summed E-state index contributed by atoms with van der Waals surface area (Å²) >= 11 is 6.10. The lowest BCUT2D eigenvalue weighted by atomic mass is 10.1. The summed E-state index contributed by atoms with van der Waals surface area (Å²) in [4.78, 5) is 25.4. The standard InChI is InChI=1S/C25H25ClN4O4/c26-19-5-7-20(8-6-19)30-22(17-29(25(30)31)12-9-24-32-13-2-14-33-24)18-3-1-4-21(15-18)34-23-16-27-10-11-28-23/h1,3-8,10-11,15-16,22,24H,2,9,12-14,17H2. The lowest BCUT2D eigenvalue weighted by Gasteiger charge is -2.25. The molecule has 0 N–H and O–H groups in total. The third-order valence-electron chi connectivity index (χ3n) is 5.82. The Balaban J connectivity index is 1.39. The van der Waals surface area contributed by atoms with Crippen molar-refractivity contribution in [2.24, 2.45) is 0 Å². The van der Waals surface area contributed by atoms with Crippen LogP contribution in [0, 0.1) is 0 Å². The molecule has 2 aliphatic rings. The fourth-order valence-electron chi connectivity index (χ4n) is 4.20. The first-order chi connectivity index (χ1) is 16.7. The number of anilines is 1. The topological polar surface area (TPSA) is 77.0 Å². The van der Waals surface area contributed by atoms with Gasteiger partial charge < -0.3 is 19.1 Å². The van der Waals surface area contributed by atoms with Crippen molar-refractivity contribution < 1.29 is 19.0 Å². The highest BCUT2D eigenvalue weighted by atomic mass is 35.5. The number of nitrogens with zero attached hydrogens (tertiary/aromatic N) is 4. The van der Waals surface area contributed by atoms with E-state index in [1.807, 2.05) is 41.3 Å². The third-order valence-corrected chi connectivity index (χ3v) is 6.07. The van der Waals surface area contributed by atoms with E-state index in [0.717, 1.165) is 17.7 Å². The van der Waals surface area contributed by atoms with Crippen LogP contribution in [0.5, 0.6) is 11.6 Å². The molecule has 176 valence electrons. The molecule has 0 spiro atoms. The number of amides is 2. The molecule has 2 fully saturated rings. The molecule has 34 heavy (non-hydrogen) atoms. The summed E-state index contributed by atoms with van der Waals surface area (Å²) in [6.45, 7) is 2.45. The van der Waals surface area contributed by atoms with E-state index in [1.165, 1.54) is 0 Å². The maximum Gasteiger partial charge on any atom is 0.325 e. The Morgan fingerprint density at radius 3 is 2.68 bits per heavy atom. The van der Waals surface area contributed by atoms with Crippen LogP contribution < -0.4 is 9.64 Å². The van der Waals surface area contributed by atoms with Crippen LogP contribution >= 0.6 is 11.6 Å². The Hall–Kier alpha value is -3.20. The van der Waals surface area contributed by atoms with Crippen molar-refractivity contribution in [3.05, 3.63) is 77.7 Å². The minimum Gasteiger partial charge on any atom is -0.437 e. The number of rotatable bonds is 7. The quantitative estimate of drug-likeness (QED) is 0.470. The van der Waals surface area contributed by atoms with Gasteiger partial charge in [-0.15, -0.1) is 0 Å². The van der Waals surface area contributed by atoms with Crippen molar-refractivity contribution in [3.63, 3.8) is 0 Å². The fourth-order valence-corrected chi connectivity index (χ4v) is 4.32. The van der Waals surface area contributed by atoms with Gasteiger partial charge >= 0.3 is 6.03 Å². The zero-order valence-electron chi connectivity index (χ0n) is 18.5. The van der Waals surface area contributed by atoms with Gasteiger partial charge in [0.1, 0.15) is 5.75 Å². The van der Waals surface area contributed by atoms with Crippen LogP contribution in [0.2, 0.25) is 5.02 Å². The van der Waals surface area contributed by atoms with Crippen molar-refractivity contribution >= 4 is 23.3 Å². The molecule has 0 aliphatic carbocycles. The van der Waals surface area contributed by atoms with Crippen LogP contribution in [-0.2, 0) is 9.47 Å². The Kier molecular flexibility index (Phi) is 6.89. The molecule has 0 saturated carbocycles. The molecule has 1 atom stereocenters. The van der Waals surface area contributed by atoms with Crippen molar-refractivity contribution in [3.8, 4) is 11.6 Å². The maximum absolute atomic E-state index is 13.5. The SMILES string of the molecule is O=C1N(CCC2OCCCO2)CC(c2cccc(Oc3cnccn3)c2)N1c1ccc(Cl)cc1. The van der Waals surface area contributed by atoms with Gasteiger partial charge in [0.25, 0.3) is 0 Å². The van der Waals surface area contributed by atoms with Crippen LogP contribution in [-0.4, -0.2) is 53.5 Å². The van der Waals surface area contributed by atoms with Gasteiger partial charge in [0, 0.05) is 42.6 Å². The summed E-state index contributed by atoms with van der Waals surface area (Å²) in [5.41, 5.74) is 1.74. The number of benzene rings is 2. The van der Waals surface area contributed by atoms with Crippen LogP contribution in [0.25, 0.3) is 0 Å². The first kappa shape index (κ1) is 22.6. The minimum absolute atomic E-state index is 0.0663. The van der Waals surface area contributed by atoms with Crippen molar-refractivity contribution in [2.75, 3.05) is 31.2 Å². The number of aromatic nitrogens is 2. The minimum atomic E-state index is -0.270. The summed E-state index contributed by atoms with van der Waals surface area (Å²) < 4.78 is 17.2. The molecule has 2 aromatic carbocycles. The van der Waals surface area contributed by atoms with Crippen LogP contribution in [0.1, 0.15) is 24.4 Å². The van der Waals surface area contributed by atoms with Crippen LogP contribution in [0.3, 0.4) is 0 Å². The van der Waals surface area contributed by atoms with Gasteiger partial charge in [0.15, 0.2) is 6.29 Å². The smallest absolute Gasteiger partial charge is 0.325 e.